The number of aromatic nitrogens is 2. The molecule has 1 rings (SSSR count). The Bertz CT molecular complexity index is 460. The summed E-state index contributed by atoms with van der Waals surface area (Å²) in [6.07, 6.45) is 4.57. The number of aryl methyl sites for hydroxylation is 1. The number of carbonyl (C=O) groups excluding carboxylic acids is 2. The van der Waals surface area contributed by atoms with Crippen LogP contribution in [0, 0.1) is 5.92 Å². The molecule has 1 aromatic rings. The number of carbonyl (C=O) groups is 2. The van der Waals surface area contributed by atoms with Crippen LogP contribution in [0.15, 0.2) is 18.5 Å². The molecule has 0 saturated heterocycles. The second kappa shape index (κ2) is 10.8. The summed E-state index contributed by atoms with van der Waals surface area (Å²) in [5.74, 6) is -0.306. The van der Waals surface area contributed by atoms with Crippen molar-refractivity contribution in [1.29, 1.82) is 0 Å². The number of nitrogens with one attached hydrogen (secondary N) is 1. The molecule has 1 unspecified atom stereocenters. The summed E-state index contributed by atoms with van der Waals surface area (Å²) in [6, 6.07) is 1.85. The number of hydrogen-bond acceptors (Lipinski definition) is 5. The molecule has 0 aliphatic heterocycles. The van der Waals surface area contributed by atoms with E-state index in [0.717, 1.165) is 19.4 Å². The minimum absolute atomic E-state index is 0.279. The summed E-state index contributed by atoms with van der Waals surface area (Å²) in [6.45, 7) is 7.27. The van der Waals surface area contributed by atoms with Crippen molar-refractivity contribution in [3.63, 3.8) is 0 Å². The van der Waals surface area contributed by atoms with Gasteiger partial charge in [-0.15, -0.1) is 0 Å². The standard InChI is InChI=1S/C16H27N3O4/c1-13(2)6-11-22-14(3)16(21)23-12-15(20)17-7-4-9-19-10-5-8-18-19/h5,8,10,13-14H,4,6-7,9,11-12H2,1-3H3,(H,17,20). The molecule has 0 fully saturated rings. The first-order valence-electron chi connectivity index (χ1n) is 8.01. The maximum Gasteiger partial charge on any atom is 0.335 e. The SMILES string of the molecule is CC(C)CCOC(C)C(=O)OCC(=O)NCCCn1cccn1. The van der Waals surface area contributed by atoms with E-state index in [0.29, 0.717) is 19.1 Å². The molecule has 0 spiro atoms. The van der Waals surface area contributed by atoms with Crippen LogP contribution < -0.4 is 5.32 Å². The summed E-state index contributed by atoms with van der Waals surface area (Å²) in [7, 11) is 0. The van der Waals surface area contributed by atoms with Gasteiger partial charge in [-0.3, -0.25) is 9.48 Å². The van der Waals surface area contributed by atoms with Crippen LogP contribution in [-0.4, -0.2) is 47.5 Å². The Hall–Kier alpha value is -1.89. The topological polar surface area (TPSA) is 82.5 Å². The zero-order chi connectivity index (χ0) is 17.1. The Morgan fingerprint density at radius 3 is 2.74 bits per heavy atom. The largest absolute Gasteiger partial charge is 0.454 e. The second-order valence-corrected chi connectivity index (χ2v) is 5.78. The molecule has 1 aromatic heterocycles. The van der Waals surface area contributed by atoms with E-state index in [9.17, 15) is 9.59 Å². The normalized spacial score (nSPS) is 12.2. The molecule has 0 bridgehead atoms. The number of hydrogen-bond donors (Lipinski definition) is 1. The molecule has 0 saturated carbocycles. The quantitative estimate of drug-likeness (QED) is 0.491. The number of rotatable bonds is 11. The van der Waals surface area contributed by atoms with Crippen molar-refractivity contribution < 1.29 is 19.1 Å². The highest BCUT2D eigenvalue weighted by Gasteiger charge is 2.16. The lowest BCUT2D eigenvalue weighted by atomic mass is 10.1. The van der Waals surface area contributed by atoms with Gasteiger partial charge in [0.1, 0.15) is 0 Å². The van der Waals surface area contributed by atoms with Crippen molar-refractivity contribution in [3.8, 4) is 0 Å². The van der Waals surface area contributed by atoms with Crippen LogP contribution in [0.4, 0.5) is 0 Å². The van der Waals surface area contributed by atoms with E-state index in [1.807, 2.05) is 12.3 Å². The molecule has 0 aliphatic rings. The van der Waals surface area contributed by atoms with Gasteiger partial charge >= 0.3 is 5.97 Å². The molecule has 7 heteroatoms. The Kier molecular flexibility index (Phi) is 8.97. The molecule has 0 radical (unpaired) electrons. The van der Waals surface area contributed by atoms with E-state index >= 15 is 0 Å². The molecule has 1 atom stereocenters. The fourth-order valence-corrected chi connectivity index (χ4v) is 1.76. The van der Waals surface area contributed by atoms with E-state index in [-0.39, 0.29) is 12.5 Å². The van der Waals surface area contributed by atoms with Crippen LogP contribution >= 0.6 is 0 Å². The van der Waals surface area contributed by atoms with Gasteiger partial charge in [-0.05, 0) is 31.7 Å². The van der Waals surface area contributed by atoms with Gasteiger partial charge in [0.2, 0.25) is 0 Å². The molecule has 1 heterocycles. The van der Waals surface area contributed by atoms with Gasteiger partial charge in [-0.1, -0.05) is 13.8 Å². The highest BCUT2D eigenvalue weighted by molar-refractivity contribution is 5.81. The molecule has 0 aliphatic carbocycles. The number of esters is 1. The number of amides is 1. The third kappa shape index (κ3) is 8.97. The maximum absolute atomic E-state index is 11.7. The van der Waals surface area contributed by atoms with E-state index in [1.54, 1.807) is 17.8 Å². The van der Waals surface area contributed by atoms with Gasteiger partial charge in [-0.2, -0.15) is 5.10 Å². The van der Waals surface area contributed by atoms with Crippen molar-refractivity contribution in [2.75, 3.05) is 19.8 Å². The van der Waals surface area contributed by atoms with Crippen molar-refractivity contribution in [2.24, 2.45) is 5.92 Å². The van der Waals surface area contributed by atoms with E-state index < -0.39 is 12.1 Å². The van der Waals surface area contributed by atoms with Crippen LogP contribution in [0.2, 0.25) is 0 Å². The Morgan fingerprint density at radius 2 is 2.09 bits per heavy atom. The summed E-state index contributed by atoms with van der Waals surface area (Å²) < 4.78 is 12.1. The van der Waals surface area contributed by atoms with Crippen LogP contribution in [0.1, 0.15) is 33.6 Å². The Morgan fingerprint density at radius 1 is 1.30 bits per heavy atom. The number of nitrogens with zero attached hydrogens (tertiary/aromatic N) is 2. The van der Waals surface area contributed by atoms with Crippen LogP contribution in [0.25, 0.3) is 0 Å². The average molecular weight is 325 g/mol. The number of ether oxygens (including phenoxy) is 2. The Labute approximate surface area is 137 Å². The van der Waals surface area contributed by atoms with Crippen molar-refractivity contribution in [2.45, 2.75) is 46.3 Å². The average Bonchev–Trinajstić information content (AvgIpc) is 3.02. The lowest BCUT2D eigenvalue weighted by molar-refractivity contribution is -0.159. The first kappa shape index (κ1) is 19.2. The molecule has 0 aromatic carbocycles. The first-order valence-corrected chi connectivity index (χ1v) is 8.01. The first-order chi connectivity index (χ1) is 11.0. The summed E-state index contributed by atoms with van der Waals surface area (Å²) >= 11 is 0. The van der Waals surface area contributed by atoms with Crippen molar-refractivity contribution >= 4 is 11.9 Å². The molecular formula is C16H27N3O4. The minimum Gasteiger partial charge on any atom is -0.454 e. The summed E-state index contributed by atoms with van der Waals surface area (Å²) in [5.41, 5.74) is 0. The van der Waals surface area contributed by atoms with Gasteiger partial charge in [0.05, 0.1) is 0 Å². The highest BCUT2D eigenvalue weighted by Crippen LogP contribution is 2.02. The third-order valence-corrected chi connectivity index (χ3v) is 3.19. The van der Waals surface area contributed by atoms with E-state index in [2.05, 4.69) is 24.3 Å². The fourth-order valence-electron chi connectivity index (χ4n) is 1.76. The zero-order valence-electron chi connectivity index (χ0n) is 14.2. The minimum atomic E-state index is -0.652. The summed E-state index contributed by atoms with van der Waals surface area (Å²) in [5, 5.41) is 6.77. The zero-order valence-corrected chi connectivity index (χ0v) is 14.2. The van der Waals surface area contributed by atoms with Crippen LogP contribution in [0.5, 0.6) is 0 Å². The summed E-state index contributed by atoms with van der Waals surface area (Å²) in [4.78, 5) is 23.3. The third-order valence-electron chi connectivity index (χ3n) is 3.19. The van der Waals surface area contributed by atoms with Crippen LogP contribution in [0.3, 0.4) is 0 Å². The molecule has 7 nitrogen and oxygen atoms in total. The second-order valence-electron chi connectivity index (χ2n) is 5.78. The smallest absolute Gasteiger partial charge is 0.335 e. The van der Waals surface area contributed by atoms with Gasteiger partial charge in [0.25, 0.3) is 5.91 Å². The monoisotopic (exact) mass is 325 g/mol. The molecule has 1 N–H and O–H groups in total. The molecule has 1 amide bonds. The van der Waals surface area contributed by atoms with E-state index in [4.69, 9.17) is 9.47 Å². The highest BCUT2D eigenvalue weighted by atomic mass is 16.6. The van der Waals surface area contributed by atoms with Gasteiger partial charge in [-0.25, -0.2) is 4.79 Å². The lowest BCUT2D eigenvalue weighted by Crippen LogP contribution is -2.32. The predicted octanol–water partition coefficient (Wildman–Crippen LogP) is 1.38. The van der Waals surface area contributed by atoms with Crippen molar-refractivity contribution in [1.82, 2.24) is 15.1 Å². The Balaban J connectivity index is 2.06. The van der Waals surface area contributed by atoms with Gasteiger partial charge in [0, 0.05) is 32.1 Å². The van der Waals surface area contributed by atoms with E-state index in [1.165, 1.54) is 0 Å². The molecule has 130 valence electrons. The van der Waals surface area contributed by atoms with Crippen molar-refractivity contribution in [3.05, 3.63) is 18.5 Å². The predicted molar refractivity (Wildman–Crippen MR) is 85.7 cm³/mol. The fraction of sp³-hybridized carbons (Fsp3) is 0.688. The van der Waals surface area contributed by atoms with Gasteiger partial charge < -0.3 is 14.8 Å². The molecule has 23 heavy (non-hydrogen) atoms. The van der Waals surface area contributed by atoms with Gasteiger partial charge in [0.15, 0.2) is 12.7 Å². The maximum atomic E-state index is 11.7. The van der Waals surface area contributed by atoms with Crippen LogP contribution in [-0.2, 0) is 25.6 Å². The lowest BCUT2D eigenvalue weighted by Gasteiger charge is -2.13. The molecular weight excluding hydrogens is 298 g/mol.